The van der Waals surface area contributed by atoms with Gasteiger partial charge in [-0.3, -0.25) is 4.79 Å². The average Bonchev–Trinajstić information content (AvgIpc) is 3.23. The van der Waals surface area contributed by atoms with Crippen LogP contribution in [-0.2, 0) is 29.4 Å². The Morgan fingerprint density at radius 3 is 2.50 bits per heavy atom. The maximum Gasteiger partial charge on any atom is 0.341 e. The molecule has 3 heterocycles. The normalized spacial score (nSPS) is 11.1. The smallest absolute Gasteiger partial charge is 0.341 e. The average molecular weight is 459 g/mol. The summed E-state index contributed by atoms with van der Waals surface area (Å²) in [5.41, 5.74) is 5.03. The van der Waals surface area contributed by atoms with E-state index in [0.717, 1.165) is 38.3 Å². The lowest BCUT2D eigenvalue weighted by atomic mass is 10.00. The van der Waals surface area contributed by atoms with Gasteiger partial charge < -0.3 is 14.8 Å². The van der Waals surface area contributed by atoms with Crippen LogP contribution in [0, 0.1) is 20.8 Å². The van der Waals surface area contributed by atoms with Crippen LogP contribution in [0.25, 0.3) is 11.0 Å². The van der Waals surface area contributed by atoms with Gasteiger partial charge in [-0.1, -0.05) is 6.92 Å². The number of hydrogen-bond donors (Lipinski definition) is 1. The van der Waals surface area contributed by atoms with Crippen LogP contribution in [0.15, 0.2) is 0 Å². The summed E-state index contributed by atoms with van der Waals surface area (Å²) in [5.74, 6) is -0.0241. The molecule has 8 nitrogen and oxygen atoms in total. The fraction of sp³-hybridized carbons (Fsp3) is 0.478. The molecular formula is C23H30N4O4S. The van der Waals surface area contributed by atoms with Gasteiger partial charge in [0.05, 0.1) is 24.7 Å². The molecule has 0 radical (unpaired) electrons. The van der Waals surface area contributed by atoms with Gasteiger partial charge in [0.25, 0.3) is 0 Å². The van der Waals surface area contributed by atoms with Crippen molar-refractivity contribution < 1.29 is 19.1 Å². The zero-order valence-corrected chi connectivity index (χ0v) is 20.5. The van der Waals surface area contributed by atoms with E-state index in [1.807, 2.05) is 34.7 Å². The van der Waals surface area contributed by atoms with Gasteiger partial charge in [0.15, 0.2) is 5.65 Å². The lowest BCUT2D eigenvalue weighted by Gasteiger charge is -2.12. The summed E-state index contributed by atoms with van der Waals surface area (Å²) in [6, 6.07) is 0. The molecule has 0 saturated heterocycles. The molecule has 3 rings (SSSR count). The van der Waals surface area contributed by atoms with E-state index in [1.165, 1.54) is 11.3 Å². The maximum absolute atomic E-state index is 12.8. The second kappa shape index (κ2) is 9.68. The molecule has 0 aliphatic carbocycles. The summed E-state index contributed by atoms with van der Waals surface area (Å²) in [7, 11) is 3.42. The third-order valence-corrected chi connectivity index (χ3v) is 6.68. The Morgan fingerprint density at radius 1 is 1.16 bits per heavy atom. The van der Waals surface area contributed by atoms with E-state index in [1.54, 1.807) is 18.7 Å². The Kier molecular flexibility index (Phi) is 7.18. The van der Waals surface area contributed by atoms with Crippen molar-refractivity contribution in [2.45, 2.75) is 53.9 Å². The summed E-state index contributed by atoms with van der Waals surface area (Å²) in [5, 5.41) is 8.73. The van der Waals surface area contributed by atoms with Crippen molar-refractivity contribution >= 4 is 39.2 Å². The van der Waals surface area contributed by atoms with E-state index in [2.05, 4.69) is 15.4 Å². The van der Waals surface area contributed by atoms with Crippen molar-refractivity contribution in [1.82, 2.24) is 14.8 Å². The number of ether oxygens (including phenoxy) is 2. The largest absolute Gasteiger partial charge is 0.479 e. The Labute approximate surface area is 191 Å². The number of aromatic nitrogens is 3. The first-order chi connectivity index (χ1) is 15.2. The van der Waals surface area contributed by atoms with E-state index in [4.69, 9.17) is 9.47 Å². The van der Waals surface area contributed by atoms with Crippen molar-refractivity contribution in [3.63, 3.8) is 0 Å². The summed E-state index contributed by atoms with van der Waals surface area (Å²) in [4.78, 5) is 31.0. The topological polar surface area (TPSA) is 95.3 Å². The summed E-state index contributed by atoms with van der Waals surface area (Å²) in [6.07, 6.45) is 1.48. The molecular weight excluding hydrogens is 428 g/mol. The number of carbonyl (C=O) groups excluding carboxylic acids is 2. The van der Waals surface area contributed by atoms with Crippen LogP contribution < -0.4 is 10.1 Å². The number of rotatable bonds is 8. The number of methoxy groups -OCH3 is 1. The van der Waals surface area contributed by atoms with Gasteiger partial charge in [0.2, 0.25) is 11.8 Å². The van der Waals surface area contributed by atoms with Gasteiger partial charge in [0, 0.05) is 24.0 Å². The molecule has 0 unspecified atom stereocenters. The van der Waals surface area contributed by atoms with Crippen LogP contribution in [0.2, 0.25) is 0 Å². The summed E-state index contributed by atoms with van der Waals surface area (Å²) in [6.45, 7) is 9.95. The molecule has 0 fully saturated rings. The Hall–Kier alpha value is -2.94. The number of esters is 1. The van der Waals surface area contributed by atoms with Crippen molar-refractivity contribution in [3.8, 4) is 5.88 Å². The highest BCUT2D eigenvalue weighted by Crippen LogP contribution is 2.35. The molecule has 172 valence electrons. The predicted octanol–water partition coefficient (Wildman–Crippen LogP) is 4.27. The highest BCUT2D eigenvalue weighted by Gasteiger charge is 2.24. The molecule has 0 saturated carbocycles. The molecule has 0 aliphatic rings. The van der Waals surface area contributed by atoms with Gasteiger partial charge in [-0.25, -0.2) is 14.5 Å². The highest BCUT2D eigenvalue weighted by atomic mass is 32.1. The standard InChI is InChI=1S/C23H30N4O4S/c1-8-15-14(5)32-22(19(15)23(29)31-9-2)25-17(28)11-10-16-12(3)18-20(24-13(16)4)27(6)26-21(18)30-7/h8-11H2,1-7H3,(H,25,28). The third kappa shape index (κ3) is 4.34. The lowest BCUT2D eigenvalue weighted by Crippen LogP contribution is -2.16. The molecule has 1 N–H and O–H groups in total. The van der Waals surface area contributed by atoms with E-state index < -0.39 is 5.97 Å². The number of anilines is 1. The minimum Gasteiger partial charge on any atom is -0.479 e. The molecule has 0 spiro atoms. The SMILES string of the molecule is CCOC(=O)c1c(NC(=O)CCc2c(C)nc3c(c(OC)nn3C)c2C)sc(C)c1CC. The van der Waals surface area contributed by atoms with Crippen LogP contribution in [0.4, 0.5) is 5.00 Å². The summed E-state index contributed by atoms with van der Waals surface area (Å²) >= 11 is 1.41. The molecule has 3 aromatic heterocycles. The van der Waals surface area contributed by atoms with Crippen LogP contribution in [0.3, 0.4) is 0 Å². The first-order valence-corrected chi connectivity index (χ1v) is 11.5. The molecule has 0 atom stereocenters. The van der Waals surface area contributed by atoms with Crippen LogP contribution in [-0.4, -0.2) is 40.4 Å². The minimum atomic E-state index is -0.394. The predicted molar refractivity (Wildman–Crippen MR) is 126 cm³/mol. The zero-order valence-electron chi connectivity index (χ0n) is 19.7. The second-order valence-electron chi connectivity index (χ2n) is 7.60. The van der Waals surface area contributed by atoms with Gasteiger partial charge in [0.1, 0.15) is 5.00 Å². The molecule has 0 aromatic carbocycles. The Balaban J connectivity index is 1.83. The fourth-order valence-corrected chi connectivity index (χ4v) is 5.20. The number of carbonyl (C=O) groups is 2. The van der Waals surface area contributed by atoms with E-state index in [0.29, 0.717) is 29.3 Å². The number of pyridine rings is 1. The monoisotopic (exact) mass is 458 g/mol. The number of hydrogen-bond acceptors (Lipinski definition) is 7. The van der Waals surface area contributed by atoms with E-state index >= 15 is 0 Å². The van der Waals surface area contributed by atoms with Crippen molar-refractivity contribution in [1.29, 1.82) is 0 Å². The zero-order chi connectivity index (χ0) is 23.6. The first-order valence-electron chi connectivity index (χ1n) is 10.7. The van der Waals surface area contributed by atoms with E-state index in [9.17, 15) is 9.59 Å². The van der Waals surface area contributed by atoms with Crippen molar-refractivity contribution in [2.24, 2.45) is 7.05 Å². The van der Waals surface area contributed by atoms with Crippen molar-refractivity contribution in [2.75, 3.05) is 19.0 Å². The van der Waals surface area contributed by atoms with Gasteiger partial charge in [-0.2, -0.15) is 0 Å². The Bertz CT molecular complexity index is 1180. The number of thiophene rings is 1. The second-order valence-corrected chi connectivity index (χ2v) is 8.82. The third-order valence-electron chi connectivity index (χ3n) is 5.61. The number of aryl methyl sites for hydroxylation is 4. The van der Waals surface area contributed by atoms with E-state index in [-0.39, 0.29) is 18.9 Å². The number of fused-ring (bicyclic) bond motifs is 1. The summed E-state index contributed by atoms with van der Waals surface area (Å²) < 4.78 is 12.3. The number of nitrogens with one attached hydrogen (secondary N) is 1. The molecule has 1 amide bonds. The van der Waals surface area contributed by atoms with Gasteiger partial charge in [-0.05, 0) is 57.2 Å². The van der Waals surface area contributed by atoms with Crippen LogP contribution in [0.1, 0.15) is 57.9 Å². The first kappa shape index (κ1) is 23.7. The van der Waals surface area contributed by atoms with Gasteiger partial charge in [-0.15, -0.1) is 16.4 Å². The quantitative estimate of drug-likeness (QED) is 0.507. The number of amides is 1. The maximum atomic E-state index is 12.8. The molecule has 32 heavy (non-hydrogen) atoms. The van der Waals surface area contributed by atoms with Crippen LogP contribution in [0.5, 0.6) is 5.88 Å². The molecule has 3 aromatic rings. The minimum absolute atomic E-state index is 0.156. The van der Waals surface area contributed by atoms with Crippen molar-refractivity contribution in [3.05, 3.63) is 32.8 Å². The fourth-order valence-electron chi connectivity index (χ4n) is 4.05. The molecule has 9 heteroatoms. The Morgan fingerprint density at radius 2 is 1.88 bits per heavy atom. The van der Waals surface area contributed by atoms with Crippen LogP contribution >= 0.6 is 11.3 Å². The number of nitrogens with zero attached hydrogens (tertiary/aromatic N) is 3. The highest BCUT2D eigenvalue weighted by molar-refractivity contribution is 7.16. The molecule has 0 bridgehead atoms. The lowest BCUT2D eigenvalue weighted by molar-refractivity contribution is -0.116. The molecule has 0 aliphatic heterocycles. The van der Waals surface area contributed by atoms with Gasteiger partial charge >= 0.3 is 5.97 Å².